The molecule has 1 heterocycles. The van der Waals surface area contributed by atoms with Gasteiger partial charge in [0.25, 0.3) is 0 Å². The third-order valence-electron chi connectivity index (χ3n) is 2.88. The van der Waals surface area contributed by atoms with Gasteiger partial charge in [0.05, 0.1) is 0 Å². The highest BCUT2D eigenvalue weighted by Crippen LogP contribution is 2.29. The molecule has 1 aliphatic heterocycles. The number of nitrogens with two attached hydrogens (primary N) is 1. The second-order valence-corrected chi connectivity index (χ2v) is 4.77. The summed E-state index contributed by atoms with van der Waals surface area (Å²) in [6.45, 7) is 5.56. The molecule has 1 aliphatic rings. The summed E-state index contributed by atoms with van der Waals surface area (Å²) in [6, 6.07) is 0. The van der Waals surface area contributed by atoms with Crippen LogP contribution in [0.3, 0.4) is 0 Å². The maximum absolute atomic E-state index is 5.41. The van der Waals surface area contributed by atoms with E-state index < -0.39 is 0 Å². The predicted octanol–water partition coefficient (Wildman–Crippen LogP) is 0.552. The lowest BCUT2D eigenvalue weighted by atomic mass is 9.80. The van der Waals surface area contributed by atoms with Crippen LogP contribution in [-0.4, -0.2) is 36.7 Å². The monoisotopic (exact) mass is 201 g/mol. The average molecular weight is 201 g/mol. The van der Waals surface area contributed by atoms with E-state index in [-0.39, 0.29) is 0 Å². The number of piperidine rings is 1. The van der Waals surface area contributed by atoms with E-state index in [0.717, 1.165) is 6.54 Å². The number of nitrogens with one attached hydrogen (secondary N) is 1. The van der Waals surface area contributed by atoms with E-state index in [1.807, 2.05) is 0 Å². The zero-order valence-electron chi connectivity index (χ0n) is 8.47. The first-order valence-corrected chi connectivity index (χ1v) is 5.14. The van der Waals surface area contributed by atoms with Gasteiger partial charge < -0.3 is 16.0 Å². The van der Waals surface area contributed by atoms with Gasteiger partial charge in [-0.1, -0.05) is 6.92 Å². The first kappa shape index (κ1) is 10.7. The SMILES string of the molecule is CN1CCC(C)(CNC(N)=S)CC1. The maximum atomic E-state index is 5.41. The molecule has 0 spiro atoms. The number of likely N-dealkylation sites (tertiary alicyclic amines) is 1. The van der Waals surface area contributed by atoms with Crippen LogP contribution in [-0.2, 0) is 0 Å². The van der Waals surface area contributed by atoms with E-state index in [9.17, 15) is 0 Å². The summed E-state index contributed by atoms with van der Waals surface area (Å²) in [5.74, 6) is 0. The van der Waals surface area contributed by atoms with Gasteiger partial charge in [0, 0.05) is 6.54 Å². The van der Waals surface area contributed by atoms with Gasteiger partial charge in [0.2, 0.25) is 0 Å². The quantitative estimate of drug-likeness (QED) is 0.640. The number of nitrogens with zero attached hydrogens (tertiary/aromatic N) is 1. The normalized spacial score (nSPS) is 22.6. The molecule has 3 N–H and O–H groups in total. The molecule has 76 valence electrons. The fraction of sp³-hybridized carbons (Fsp3) is 0.889. The Labute approximate surface area is 85.7 Å². The zero-order valence-corrected chi connectivity index (χ0v) is 9.28. The van der Waals surface area contributed by atoms with Gasteiger partial charge in [-0.3, -0.25) is 0 Å². The van der Waals surface area contributed by atoms with Gasteiger partial charge in [0.1, 0.15) is 0 Å². The lowest BCUT2D eigenvalue weighted by Gasteiger charge is -2.38. The summed E-state index contributed by atoms with van der Waals surface area (Å²) in [4.78, 5) is 2.36. The molecule has 0 unspecified atom stereocenters. The summed E-state index contributed by atoms with van der Waals surface area (Å²) >= 11 is 4.79. The molecule has 3 nitrogen and oxygen atoms in total. The molecule has 0 aromatic carbocycles. The molecule has 0 amide bonds. The Bertz CT molecular complexity index is 185. The Hall–Kier alpha value is -0.350. The Morgan fingerprint density at radius 2 is 2.08 bits per heavy atom. The molecule has 0 atom stereocenters. The molecular weight excluding hydrogens is 182 g/mol. The summed E-state index contributed by atoms with van der Waals surface area (Å²) < 4.78 is 0. The van der Waals surface area contributed by atoms with Crippen molar-refractivity contribution in [3.05, 3.63) is 0 Å². The van der Waals surface area contributed by atoms with Crippen LogP contribution in [0.5, 0.6) is 0 Å². The van der Waals surface area contributed by atoms with Crippen LogP contribution < -0.4 is 11.1 Å². The standard InChI is InChI=1S/C9H19N3S/c1-9(7-11-8(10)13)3-5-12(2)6-4-9/h3-7H2,1-2H3,(H3,10,11,13). The van der Waals surface area contributed by atoms with Crippen molar-refractivity contribution in [2.45, 2.75) is 19.8 Å². The third kappa shape index (κ3) is 3.48. The molecule has 0 aliphatic carbocycles. The third-order valence-corrected chi connectivity index (χ3v) is 3.03. The van der Waals surface area contributed by atoms with Crippen molar-refractivity contribution in [1.82, 2.24) is 10.2 Å². The van der Waals surface area contributed by atoms with Gasteiger partial charge in [0.15, 0.2) is 5.11 Å². The molecule has 0 saturated carbocycles. The topological polar surface area (TPSA) is 41.3 Å². The van der Waals surface area contributed by atoms with Gasteiger partial charge in [-0.2, -0.15) is 0 Å². The Kier molecular flexibility index (Phi) is 3.50. The van der Waals surface area contributed by atoms with Gasteiger partial charge in [-0.25, -0.2) is 0 Å². The molecular formula is C9H19N3S. The Balaban J connectivity index is 2.34. The lowest BCUT2D eigenvalue weighted by Crippen LogP contribution is -2.44. The minimum absolute atomic E-state index is 0.371. The lowest BCUT2D eigenvalue weighted by molar-refractivity contribution is 0.142. The van der Waals surface area contributed by atoms with E-state index in [1.54, 1.807) is 0 Å². The summed E-state index contributed by atoms with van der Waals surface area (Å²) in [5, 5.41) is 3.48. The Morgan fingerprint density at radius 1 is 1.54 bits per heavy atom. The van der Waals surface area contributed by atoms with Crippen LogP contribution in [0.4, 0.5) is 0 Å². The molecule has 0 aromatic heterocycles. The molecule has 1 fully saturated rings. The number of thiocarbonyl (C=S) groups is 1. The second kappa shape index (κ2) is 4.24. The summed E-state index contributed by atoms with van der Waals surface area (Å²) in [6.07, 6.45) is 2.44. The molecule has 1 rings (SSSR count). The molecule has 0 radical (unpaired) electrons. The van der Waals surface area contributed by atoms with E-state index in [0.29, 0.717) is 10.5 Å². The fourth-order valence-corrected chi connectivity index (χ4v) is 1.71. The molecule has 0 bridgehead atoms. The smallest absolute Gasteiger partial charge is 0.163 e. The van der Waals surface area contributed by atoms with Crippen LogP contribution in [0.25, 0.3) is 0 Å². The van der Waals surface area contributed by atoms with E-state index in [2.05, 4.69) is 24.2 Å². The van der Waals surface area contributed by atoms with Crippen LogP contribution in [0, 0.1) is 5.41 Å². The highest BCUT2D eigenvalue weighted by atomic mass is 32.1. The first-order chi connectivity index (χ1) is 6.02. The average Bonchev–Trinajstić information content (AvgIpc) is 2.08. The van der Waals surface area contributed by atoms with Gasteiger partial charge >= 0.3 is 0 Å². The predicted molar refractivity (Wildman–Crippen MR) is 59.6 cm³/mol. The number of rotatable bonds is 2. The highest BCUT2D eigenvalue weighted by Gasteiger charge is 2.28. The van der Waals surface area contributed by atoms with Crippen LogP contribution in [0.1, 0.15) is 19.8 Å². The molecule has 4 heteroatoms. The maximum Gasteiger partial charge on any atom is 0.163 e. The van der Waals surface area contributed by atoms with Crippen molar-refractivity contribution in [2.24, 2.45) is 11.1 Å². The van der Waals surface area contributed by atoms with Crippen LogP contribution >= 0.6 is 12.2 Å². The molecule has 0 aromatic rings. The first-order valence-electron chi connectivity index (χ1n) is 4.74. The van der Waals surface area contributed by atoms with Crippen LogP contribution in [0.15, 0.2) is 0 Å². The Morgan fingerprint density at radius 3 is 2.54 bits per heavy atom. The van der Waals surface area contributed by atoms with Crippen molar-refractivity contribution >= 4 is 17.3 Å². The second-order valence-electron chi connectivity index (χ2n) is 4.33. The number of hydrogen-bond donors (Lipinski definition) is 2. The highest BCUT2D eigenvalue weighted by molar-refractivity contribution is 7.80. The van der Waals surface area contributed by atoms with Gasteiger partial charge in [-0.15, -0.1) is 0 Å². The van der Waals surface area contributed by atoms with Crippen molar-refractivity contribution in [1.29, 1.82) is 0 Å². The molecule has 1 saturated heterocycles. The fourth-order valence-electron chi connectivity index (χ4n) is 1.64. The largest absolute Gasteiger partial charge is 0.376 e. The number of hydrogen-bond acceptors (Lipinski definition) is 2. The van der Waals surface area contributed by atoms with Crippen molar-refractivity contribution in [3.8, 4) is 0 Å². The van der Waals surface area contributed by atoms with Crippen molar-refractivity contribution in [2.75, 3.05) is 26.7 Å². The zero-order chi connectivity index (χ0) is 9.90. The summed E-state index contributed by atoms with van der Waals surface area (Å²) in [5.41, 5.74) is 5.78. The van der Waals surface area contributed by atoms with Gasteiger partial charge in [-0.05, 0) is 50.6 Å². The minimum Gasteiger partial charge on any atom is -0.376 e. The summed E-state index contributed by atoms with van der Waals surface area (Å²) in [7, 11) is 2.17. The van der Waals surface area contributed by atoms with E-state index in [4.69, 9.17) is 18.0 Å². The van der Waals surface area contributed by atoms with Crippen molar-refractivity contribution < 1.29 is 0 Å². The molecule has 13 heavy (non-hydrogen) atoms. The van der Waals surface area contributed by atoms with Crippen molar-refractivity contribution in [3.63, 3.8) is 0 Å². The van der Waals surface area contributed by atoms with E-state index in [1.165, 1.54) is 25.9 Å². The minimum atomic E-state index is 0.371. The van der Waals surface area contributed by atoms with E-state index >= 15 is 0 Å². The van der Waals surface area contributed by atoms with Crippen LogP contribution in [0.2, 0.25) is 0 Å².